The minimum Gasteiger partial charge on any atom is -0.396 e. The van der Waals surface area contributed by atoms with Crippen LogP contribution < -0.4 is 5.73 Å². The van der Waals surface area contributed by atoms with Crippen LogP contribution in [0.25, 0.3) is 0 Å². The fraction of sp³-hybridized carbons (Fsp3) is 0.333. The highest BCUT2D eigenvalue weighted by molar-refractivity contribution is 5.28. The Morgan fingerprint density at radius 2 is 2.14 bits per heavy atom. The highest BCUT2D eigenvalue weighted by Crippen LogP contribution is 2.16. The number of aliphatic hydroxyl groups is 1. The van der Waals surface area contributed by atoms with Crippen molar-refractivity contribution in [2.75, 3.05) is 6.61 Å². The van der Waals surface area contributed by atoms with E-state index in [0.717, 1.165) is 5.56 Å². The van der Waals surface area contributed by atoms with Crippen molar-refractivity contribution < 1.29 is 10.0 Å². The molecule has 0 spiro atoms. The molecular formula is C9H12N2O3. The molecule has 3 N–H and O–H groups in total. The van der Waals surface area contributed by atoms with Crippen LogP contribution in [-0.2, 0) is 6.42 Å². The summed E-state index contributed by atoms with van der Waals surface area (Å²) in [6, 6.07) is 6.80. The molecule has 0 aliphatic heterocycles. The van der Waals surface area contributed by atoms with Gasteiger partial charge in [0.05, 0.1) is 0 Å². The molecule has 0 saturated carbocycles. The summed E-state index contributed by atoms with van der Waals surface area (Å²) < 4.78 is 0. The first-order valence-electron chi connectivity index (χ1n) is 4.24. The Kier molecular flexibility index (Phi) is 3.55. The van der Waals surface area contributed by atoms with Gasteiger partial charge in [-0.2, -0.15) is 0 Å². The first-order chi connectivity index (χ1) is 6.66. The topological polar surface area (TPSA) is 89.4 Å². The summed E-state index contributed by atoms with van der Waals surface area (Å²) in [4.78, 5) is 9.93. The molecule has 0 saturated heterocycles. The molecule has 5 nitrogen and oxygen atoms in total. The number of benzene rings is 1. The first-order valence-corrected chi connectivity index (χ1v) is 4.24. The number of aliphatic hydroxyl groups excluding tert-OH is 1. The summed E-state index contributed by atoms with van der Waals surface area (Å²) in [6.07, 6.45) is -0.824. The zero-order chi connectivity index (χ0) is 10.6. The van der Waals surface area contributed by atoms with Gasteiger partial charge in [-0.05, 0) is 12.0 Å². The van der Waals surface area contributed by atoms with E-state index >= 15 is 0 Å². The van der Waals surface area contributed by atoms with Crippen molar-refractivity contribution in [3.05, 3.63) is 45.5 Å². The number of hydrogen-bond acceptors (Lipinski definition) is 4. The normalized spacial score (nSPS) is 12.4. The lowest BCUT2D eigenvalue weighted by Gasteiger charge is -2.08. The van der Waals surface area contributed by atoms with E-state index in [1.165, 1.54) is 0 Å². The maximum absolute atomic E-state index is 10.5. The molecular weight excluding hydrogens is 184 g/mol. The molecule has 1 aromatic rings. The molecule has 5 heteroatoms. The fourth-order valence-electron chi connectivity index (χ4n) is 1.28. The van der Waals surface area contributed by atoms with E-state index in [0.29, 0.717) is 12.0 Å². The molecule has 1 unspecified atom stereocenters. The molecule has 76 valence electrons. The lowest BCUT2D eigenvalue weighted by molar-refractivity contribution is -0.528. The van der Waals surface area contributed by atoms with E-state index in [2.05, 4.69) is 0 Å². The molecule has 0 aliphatic rings. The Labute approximate surface area is 81.3 Å². The third-order valence-corrected chi connectivity index (χ3v) is 1.98. The average Bonchev–Trinajstić information content (AvgIpc) is 2.18. The van der Waals surface area contributed by atoms with E-state index in [4.69, 9.17) is 10.8 Å². The minimum atomic E-state index is -1.21. The van der Waals surface area contributed by atoms with Gasteiger partial charge >= 0.3 is 0 Å². The maximum Gasteiger partial charge on any atom is 0.289 e. The van der Waals surface area contributed by atoms with Crippen molar-refractivity contribution >= 4 is 0 Å². The Hall–Kier alpha value is -1.46. The number of nitrogens with two attached hydrogens (primary N) is 1. The summed E-state index contributed by atoms with van der Waals surface area (Å²) in [5.74, 6) is 0. The molecule has 0 aliphatic carbocycles. The monoisotopic (exact) mass is 196 g/mol. The van der Waals surface area contributed by atoms with Crippen LogP contribution in [0.15, 0.2) is 24.3 Å². The largest absolute Gasteiger partial charge is 0.396 e. The van der Waals surface area contributed by atoms with Crippen LogP contribution in [0.3, 0.4) is 0 Å². The summed E-state index contributed by atoms with van der Waals surface area (Å²) in [5.41, 5.74) is 6.57. The SMILES string of the molecule is NC(c1ccccc1CCO)[N+](=O)[O-]. The van der Waals surface area contributed by atoms with Crippen LogP contribution in [0.2, 0.25) is 0 Å². The van der Waals surface area contributed by atoms with Crippen LogP contribution in [0.4, 0.5) is 0 Å². The molecule has 0 radical (unpaired) electrons. The van der Waals surface area contributed by atoms with Gasteiger partial charge in [-0.1, -0.05) is 24.3 Å². The lowest BCUT2D eigenvalue weighted by atomic mass is 10.0. The van der Waals surface area contributed by atoms with E-state index in [9.17, 15) is 10.1 Å². The van der Waals surface area contributed by atoms with Crippen molar-refractivity contribution in [2.45, 2.75) is 12.6 Å². The van der Waals surface area contributed by atoms with Crippen LogP contribution >= 0.6 is 0 Å². The van der Waals surface area contributed by atoms with Gasteiger partial charge in [0, 0.05) is 17.1 Å². The van der Waals surface area contributed by atoms with Crippen LogP contribution in [0.1, 0.15) is 17.3 Å². The Morgan fingerprint density at radius 1 is 1.50 bits per heavy atom. The zero-order valence-electron chi connectivity index (χ0n) is 7.59. The van der Waals surface area contributed by atoms with Gasteiger partial charge in [-0.15, -0.1) is 0 Å². The second-order valence-corrected chi connectivity index (χ2v) is 2.90. The first kappa shape index (κ1) is 10.6. The summed E-state index contributed by atoms with van der Waals surface area (Å²) in [6.45, 7) is -0.0402. The predicted octanol–water partition coefficient (Wildman–Crippen LogP) is 0.455. The quantitative estimate of drug-likeness (QED) is 0.415. The third-order valence-electron chi connectivity index (χ3n) is 1.98. The summed E-state index contributed by atoms with van der Waals surface area (Å²) in [5, 5.41) is 19.2. The predicted molar refractivity (Wildman–Crippen MR) is 51.2 cm³/mol. The number of hydrogen-bond donors (Lipinski definition) is 2. The van der Waals surface area contributed by atoms with E-state index in [-0.39, 0.29) is 6.61 Å². The van der Waals surface area contributed by atoms with Crippen molar-refractivity contribution in [3.8, 4) is 0 Å². The average molecular weight is 196 g/mol. The Balaban J connectivity index is 3.00. The Morgan fingerprint density at radius 3 is 2.71 bits per heavy atom. The molecule has 0 heterocycles. The number of rotatable bonds is 4. The smallest absolute Gasteiger partial charge is 0.289 e. The second kappa shape index (κ2) is 4.69. The van der Waals surface area contributed by atoms with Gasteiger partial charge < -0.3 is 5.11 Å². The molecule has 0 fully saturated rings. The van der Waals surface area contributed by atoms with Crippen molar-refractivity contribution in [1.29, 1.82) is 0 Å². The molecule has 1 atom stereocenters. The van der Waals surface area contributed by atoms with Crippen molar-refractivity contribution in [3.63, 3.8) is 0 Å². The Bertz CT molecular complexity index is 328. The molecule has 1 aromatic carbocycles. The number of nitrogens with zero attached hydrogens (tertiary/aromatic N) is 1. The molecule has 14 heavy (non-hydrogen) atoms. The molecule has 0 bridgehead atoms. The van der Waals surface area contributed by atoms with Gasteiger partial charge in [0.25, 0.3) is 6.17 Å². The van der Waals surface area contributed by atoms with Gasteiger partial charge in [0.2, 0.25) is 0 Å². The number of nitro groups is 1. The van der Waals surface area contributed by atoms with Crippen LogP contribution in [0, 0.1) is 10.1 Å². The van der Waals surface area contributed by atoms with Crippen LogP contribution in [-0.4, -0.2) is 16.6 Å². The van der Waals surface area contributed by atoms with Crippen molar-refractivity contribution in [2.24, 2.45) is 5.73 Å². The third kappa shape index (κ3) is 2.27. The second-order valence-electron chi connectivity index (χ2n) is 2.90. The van der Waals surface area contributed by atoms with E-state index in [1.54, 1.807) is 24.3 Å². The minimum absolute atomic E-state index is 0.0402. The standard InChI is InChI=1S/C9H12N2O3/c10-9(11(13)14)8-4-2-1-3-7(8)5-6-12/h1-4,9,12H,5-6,10H2. The van der Waals surface area contributed by atoms with Gasteiger partial charge in [-0.25, -0.2) is 0 Å². The van der Waals surface area contributed by atoms with Crippen LogP contribution in [0.5, 0.6) is 0 Å². The molecule has 0 aromatic heterocycles. The summed E-state index contributed by atoms with van der Waals surface area (Å²) >= 11 is 0. The fourth-order valence-corrected chi connectivity index (χ4v) is 1.28. The highest BCUT2D eigenvalue weighted by atomic mass is 16.6. The van der Waals surface area contributed by atoms with E-state index in [1.807, 2.05) is 0 Å². The summed E-state index contributed by atoms with van der Waals surface area (Å²) in [7, 11) is 0. The maximum atomic E-state index is 10.5. The lowest BCUT2D eigenvalue weighted by Crippen LogP contribution is -2.21. The molecule has 0 amide bonds. The molecule has 1 rings (SSSR count). The zero-order valence-corrected chi connectivity index (χ0v) is 7.59. The van der Waals surface area contributed by atoms with E-state index < -0.39 is 11.1 Å². The highest BCUT2D eigenvalue weighted by Gasteiger charge is 2.19. The van der Waals surface area contributed by atoms with Gasteiger partial charge in [-0.3, -0.25) is 15.8 Å². The van der Waals surface area contributed by atoms with Gasteiger partial charge in [0.15, 0.2) is 0 Å². The van der Waals surface area contributed by atoms with Gasteiger partial charge in [0.1, 0.15) is 0 Å². The van der Waals surface area contributed by atoms with Crippen molar-refractivity contribution in [1.82, 2.24) is 0 Å².